The third-order valence-corrected chi connectivity index (χ3v) is 7.12. The van der Waals surface area contributed by atoms with Gasteiger partial charge < -0.3 is 4.98 Å². The highest BCUT2D eigenvalue weighted by molar-refractivity contribution is 6.32. The molecule has 0 radical (unpaired) electrons. The van der Waals surface area contributed by atoms with Gasteiger partial charge in [0.25, 0.3) is 0 Å². The number of fused-ring (bicyclic) bond motifs is 1. The molecule has 146 valence electrons. The Morgan fingerprint density at radius 1 is 0.966 bits per heavy atom. The fourth-order valence-electron chi connectivity index (χ4n) is 5.47. The van der Waals surface area contributed by atoms with Crippen molar-refractivity contribution in [3.05, 3.63) is 81.2 Å². The molecule has 1 saturated heterocycles. The molecular weight excluding hydrogens is 382 g/mol. The van der Waals surface area contributed by atoms with Crippen LogP contribution in [0.4, 0.5) is 0 Å². The first-order chi connectivity index (χ1) is 14.2. The van der Waals surface area contributed by atoms with Crippen molar-refractivity contribution < 1.29 is 0 Å². The second kappa shape index (κ2) is 6.48. The third-order valence-electron chi connectivity index (χ3n) is 6.79. The third kappa shape index (κ3) is 2.59. The molecule has 29 heavy (non-hydrogen) atoms. The van der Waals surface area contributed by atoms with Gasteiger partial charge >= 0.3 is 5.69 Å². The molecule has 2 heterocycles. The van der Waals surface area contributed by atoms with Crippen LogP contribution in [0.15, 0.2) is 59.4 Å². The lowest BCUT2D eigenvalue weighted by molar-refractivity contribution is 0.137. The maximum absolute atomic E-state index is 12.6. The smallest absolute Gasteiger partial charge is 0.306 e. The van der Waals surface area contributed by atoms with Gasteiger partial charge in [-0.1, -0.05) is 48.0 Å². The normalized spacial score (nSPS) is 20.1. The molecule has 1 aliphatic carbocycles. The molecule has 0 saturated carbocycles. The van der Waals surface area contributed by atoms with Gasteiger partial charge in [0.05, 0.1) is 11.0 Å². The molecule has 1 aromatic heterocycles. The second-order valence-electron chi connectivity index (χ2n) is 8.28. The minimum atomic E-state index is 0.00531. The van der Waals surface area contributed by atoms with Crippen LogP contribution in [0.1, 0.15) is 36.1 Å². The summed E-state index contributed by atoms with van der Waals surface area (Å²) in [5.41, 5.74) is 4.63. The Bertz CT molecular complexity index is 1300. The molecule has 1 fully saturated rings. The standard InChI is InChI=1S/C24H22ClN3O/c25-18-9-8-15-4-3-5-16-14-21(23(18)22(15)16)27-12-10-17(11-13-27)28-20-7-2-1-6-19(20)26-24(28)29/h1-9,17,21H,10-14H2,(H,26,29). The largest absolute Gasteiger partial charge is 0.326 e. The first-order valence-corrected chi connectivity index (χ1v) is 10.7. The van der Waals surface area contributed by atoms with Gasteiger partial charge in [0.2, 0.25) is 0 Å². The summed E-state index contributed by atoms with van der Waals surface area (Å²) >= 11 is 6.67. The first kappa shape index (κ1) is 17.3. The molecular formula is C24H22ClN3O. The highest BCUT2D eigenvalue weighted by Crippen LogP contribution is 2.45. The van der Waals surface area contributed by atoms with Crippen LogP contribution < -0.4 is 5.69 Å². The van der Waals surface area contributed by atoms with Gasteiger partial charge in [-0.25, -0.2) is 4.79 Å². The SMILES string of the molecule is O=c1[nH]c2ccccc2n1C1CCN(C2Cc3cccc4ccc(Cl)c2c34)CC1. The number of piperidine rings is 1. The van der Waals surface area contributed by atoms with Crippen LogP contribution in [0.2, 0.25) is 5.02 Å². The van der Waals surface area contributed by atoms with Crippen LogP contribution in [0.3, 0.4) is 0 Å². The predicted molar refractivity (Wildman–Crippen MR) is 118 cm³/mol. The number of halogens is 1. The van der Waals surface area contributed by atoms with Gasteiger partial charge in [-0.15, -0.1) is 0 Å². The number of H-pyrrole nitrogens is 1. The number of likely N-dealkylation sites (tertiary alicyclic amines) is 1. The lowest BCUT2D eigenvalue weighted by atomic mass is 9.99. The number of nitrogens with one attached hydrogen (secondary N) is 1. The second-order valence-corrected chi connectivity index (χ2v) is 8.69. The van der Waals surface area contributed by atoms with Crippen LogP contribution in [0.5, 0.6) is 0 Å². The molecule has 3 aromatic carbocycles. The average Bonchev–Trinajstić information content (AvgIpc) is 3.30. The van der Waals surface area contributed by atoms with E-state index in [1.54, 1.807) is 0 Å². The van der Waals surface area contributed by atoms with Crippen LogP contribution in [0.25, 0.3) is 21.8 Å². The molecule has 5 heteroatoms. The van der Waals surface area contributed by atoms with Crippen LogP contribution in [-0.4, -0.2) is 27.5 Å². The van der Waals surface area contributed by atoms with E-state index in [4.69, 9.17) is 11.6 Å². The minimum Gasteiger partial charge on any atom is -0.306 e. The summed E-state index contributed by atoms with van der Waals surface area (Å²) in [6.07, 6.45) is 2.97. The molecule has 1 aliphatic heterocycles. The van der Waals surface area contributed by atoms with Gasteiger partial charge in [-0.3, -0.25) is 9.47 Å². The van der Waals surface area contributed by atoms with E-state index in [-0.39, 0.29) is 11.7 Å². The van der Waals surface area contributed by atoms with E-state index in [1.165, 1.54) is 21.9 Å². The number of hydrogen-bond acceptors (Lipinski definition) is 2. The number of aromatic amines is 1. The lowest BCUT2D eigenvalue weighted by Crippen LogP contribution is -2.39. The molecule has 1 N–H and O–H groups in total. The highest BCUT2D eigenvalue weighted by atomic mass is 35.5. The van der Waals surface area contributed by atoms with E-state index < -0.39 is 0 Å². The van der Waals surface area contributed by atoms with Crippen molar-refractivity contribution in [3.63, 3.8) is 0 Å². The Balaban J connectivity index is 1.29. The highest BCUT2D eigenvalue weighted by Gasteiger charge is 2.34. The van der Waals surface area contributed by atoms with E-state index in [0.29, 0.717) is 6.04 Å². The van der Waals surface area contributed by atoms with E-state index in [1.807, 2.05) is 34.9 Å². The summed E-state index contributed by atoms with van der Waals surface area (Å²) in [5, 5.41) is 3.51. The number of aromatic nitrogens is 2. The summed E-state index contributed by atoms with van der Waals surface area (Å²) in [7, 11) is 0. The monoisotopic (exact) mass is 403 g/mol. The Morgan fingerprint density at radius 3 is 2.66 bits per heavy atom. The Hall–Kier alpha value is -2.56. The number of nitrogens with zero attached hydrogens (tertiary/aromatic N) is 2. The van der Waals surface area contributed by atoms with Crippen molar-refractivity contribution >= 4 is 33.4 Å². The minimum absolute atomic E-state index is 0.00531. The van der Waals surface area contributed by atoms with Gasteiger partial charge in [-0.2, -0.15) is 0 Å². The fourth-order valence-corrected chi connectivity index (χ4v) is 5.75. The van der Waals surface area contributed by atoms with Crippen molar-refractivity contribution in [2.24, 2.45) is 0 Å². The molecule has 1 unspecified atom stereocenters. The number of imidazole rings is 1. The van der Waals surface area contributed by atoms with E-state index in [0.717, 1.165) is 48.4 Å². The molecule has 0 spiro atoms. The van der Waals surface area contributed by atoms with Gasteiger partial charge in [0.1, 0.15) is 0 Å². The number of hydrogen-bond donors (Lipinski definition) is 1. The van der Waals surface area contributed by atoms with Gasteiger partial charge in [-0.05, 0) is 59.4 Å². The van der Waals surface area contributed by atoms with Crippen molar-refractivity contribution in [1.29, 1.82) is 0 Å². The summed E-state index contributed by atoms with van der Waals surface area (Å²) in [4.78, 5) is 18.1. The molecule has 1 atom stereocenters. The van der Waals surface area contributed by atoms with Gasteiger partial charge in [0, 0.05) is 30.2 Å². The molecule has 6 rings (SSSR count). The van der Waals surface area contributed by atoms with Crippen LogP contribution in [-0.2, 0) is 6.42 Å². The zero-order valence-electron chi connectivity index (χ0n) is 16.1. The number of rotatable bonds is 2. The van der Waals surface area contributed by atoms with Gasteiger partial charge in [0.15, 0.2) is 0 Å². The number of para-hydroxylation sites is 2. The maximum Gasteiger partial charge on any atom is 0.326 e. The molecule has 4 nitrogen and oxygen atoms in total. The summed E-state index contributed by atoms with van der Waals surface area (Å²) < 4.78 is 1.96. The zero-order chi connectivity index (χ0) is 19.5. The van der Waals surface area contributed by atoms with E-state index >= 15 is 0 Å². The van der Waals surface area contributed by atoms with Crippen molar-refractivity contribution in [3.8, 4) is 0 Å². The predicted octanol–water partition coefficient (Wildman–Crippen LogP) is 5.07. The lowest BCUT2D eigenvalue weighted by Gasteiger charge is -2.37. The Kier molecular flexibility index (Phi) is 3.87. The summed E-state index contributed by atoms with van der Waals surface area (Å²) in [6.45, 7) is 1.95. The number of benzene rings is 3. The molecule has 0 bridgehead atoms. The van der Waals surface area contributed by atoms with Crippen LogP contribution >= 0.6 is 11.6 Å². The molecule has 4 aromatic rings. The average molecular weight is 404 g/mol. The topological polar surface area (TPSA) is 41.0 Å². The Labute approximate surface area is 173 Å². The van der Waals surface area contributed by atoms with Crippen molar-refractivity contribution in [2.75, 3.05) is 13.1 Å². The molecule has 2 aliphatic rings. The fraction of sp³-hybridized carbons (Fsp3) is 0.292. The first-order valence-electron chi connectivity index (χ1n) is 10.3. The zero-order valence-corrected chi connectivity index (χ0v) is 16.8. The summed E-state index contributed by atoms with van der Waals surface area (Å²) in [5.74, 6) is 0. The van der Waals surface area contributed by atoms with E-state index in [2.05, 4.69) is 34.1 Å². The van der Waals surface area contributed by atoms with Crippen molar-refractivity contribution in [1.82, 2.24) is 14.5 Å². The maximum atomic E-state index is 12.6. The van der Waals surface area contributed by atoms with Crippen molar-refractivity contribution in [2.45, 2.75) is 31.3 Å². The van der Waals surface area contributed by atoms with E-state index in [9.17, 15) is 4.79 Å². The summed E-state index contributed by atoms with van der Waals surface area (Å²) in [6, 6.07) is 19.3. The quantitative estimate of drug-likeness (QED) is 0.507. The molecule has 0 amide bonds. The van der Waals surface area contributed by atoms with Crippen LogP contribution in [0, 0.1) is 0 Å². The Morgan fingerprint density at radius 2 is 1.79 bits per heavy atom.